The van der Waals surface area contributed by atoms with Gasteiger partial charge in [0.25, 0.3) is 0 Å². The highest BCUT2D eigenvalue weighted by Gasteiger charge is 2.26. The van der Waals surface area contributed by atoms with E-state index in [9.17, 15) is 0 Å². The molecule has 0 aliphatic carbocycles. The second-order valence-electron chi connectivity index (χ2n) is 7.32. The Morgan fingerprint density at radius 3 is 2.59 bits per heavy atom. The molecule has 0 bridgehead atoms. The zero-order chi connectivity index (χ0) is 18.5. The lowest BCUT2D eigenvalue weighted by atomic mass is 9.96. The summed E-state index contributed by atoms with van der Waals surface area (Å²) in [4.78, 5) is 2.50. The van der Waals surface area contributed by atoms with E-state index in [0.717, 1.165) is 49.1 Å². The third kappa shape index (κ3) is 4.48. The average molecular weight is 368 g/mol. The van der Waals surface area contributed by atoms with Gasteiger partial charge in [-0.15, -0.1) is 0 Å². The standard InChI is InChI=1S/C22H28N2O3/c1-25-20-7-3-2-6-19(20)23-14-17-10-12-24(13-11-17)15-18-16-26-21-8-4-5-9-22(21)27-18/h2-9,17-18,23H,10-16H2,1H3. The van der Waals surface area contributed by atoms with Crippen LogP contribution in [0.2, 0.25) is 0 Å². The van der Waals surface area contributed by atoms with Gasteiger partial charge in [0.2, 0.25) is 0 Å². The third-order valence-electron chi connectivity index (χ3n) is 5.42. The maximum atomic E-state index is 6.10. The highest BCUT2D eigenvalue weighted by Crippen LogP contribution is 2.31. The molecular formula is C22H28N2O3. The quantitative estimate of drug-likeness (QED) is 0.843. The van der Waals surface area contributed by atoms with E-state index < -0.39 is 0 Å². The minimum Gasteiger partial charge on any atom is -0.495 e. The maximum Gasteiger partial charge on any atom is 0.161 e. The first-order valence-electron chi connectivity index (χ1n) is 9.79. The second-order valence-corrected chi connectivity index (χ2v) is 7.32. The van der Waals surface area contributed by atoms with Crippen molar-refractivity contribution in [2.75, 3.05) is 45.2 Å². The molecule has 2 aliphatic heterocycles. The van der Waals surface area contributed by atoms with Crippen LogP contribution in [0.5, 0.6) is 17.2 Å². The fourth-order valence-electron chi connectivity index (χ4n) is 3.86. The van der Waals surface area contributed by atoms with Gasteiger partial charge in [0.15, 0.2) is 11.5 Å². The van der Waals surface area contributed by atoms with Gasteiger partial charge in [0, 0.05) is 13.1 Å². The number of nitrogens with zero attached hydrogens (tertiary/aromatic N) is 1. The van der Waals surface area contributed by atoms with E-state index >= 15 is 0 Å². The lowest BCUT2D eigenvalue weighted by molar-refractivity contribution is 0.0485. The first kappa shape index (κ1) is 18.0. The molecule has 27 heavy (non-hydrogen) atoms. The van der Waals surface area contributed by atoms with Gasteiger partial charge in [0.1, 0.15) is 18.5 Å². The number of para-hydroxylation sites is 4. The zero-order valence-electron chi connectivity index (χ0n) is 15.9. The molecule has 2 aliphatic rings. The molecule has 1 N–H and O–H groups in total. The van der Waals surface area contributed by atoms with Crippen molar-refractivity contribution >= 4 is 5.69 Å². The van der Waals surface area contributed by atoms with E-state index in [4.69, 9.17) is 14.2 Å². The van der Waals surface area contributed by atoms with Crippen molar-refractivity contribution in [2.24, 2.45) is 5.92 Å². The highest BCUT2D eigenvalue weighted by atomic mass is 16.6. The summed E-state index contributed by atoms with van der Waals surface area (Å²) in [5.41, 5.74) is 1.08. The van der Waals surface area contributed by atoms with E-state index in [-0.39, 0.29) is 6.10 Å². The monoisotopic (exact) mass is 368 g/mol. The van der Waals surface area contributed by atoms with Crippen molar-refractivity contribution in [1.29, 1.82) is 0 Å². The Morgan fingerprint density at radius 2 is 1.78 bits per heavy atom. The van der Waals surface area contributed by atoms with E-state index in [1.54, 1.807) is 7.11 Å². The molecule has 1 saturated heterocycles. The summed E-state index contributed by atoms with van der Waals surface area (Å²) in [6.45, 7) is 4.78. The average Bonchev–Trinajstić information content (AvgIpc) is 2.73. The molecule has 0 aromatic heterocycles. The SMILES string of the molecule is COc1ccccc1NCC1CCN(CC2COc3ccccc3O2)CC1. The Bertz CT molecular complexity index is 744. The predicted molar refractivity (Wildman–Crippen MR) is 107 cm³/mol. The number of hydrogen-bond acceptors (Lipinski definition) is 5. The van der Waals surface area contributed by atoms with Gasteiger partial charge in [-0.3, -0.25) is 4.90 Å². The Hall–Kier alpha value is -2.40. The topological polar surface area (TPSA) is 43.0 Å². The number of methoxy groups -OCH3 is 1. The summed E-state index contributed by atoms with van der Waals surface area (Å²) in [6.07, 6.45) is 2.52. The minimum atomic E-state index is 0.114. The van der Waals surface area contributed by atoms with Crippen molar-refractivity contribution in [3.63, 3.8) is 0 Å². The minimum absolute atomic E-state index is 0.114. The van der Waals surface area contributed by atoms with Crippen LogP contribution in [0.4, 0.5) is 5.69 Å². The molecular weight excluding hydrogens is 340 g/mol. The number of likely N-dealkylation sites (tertiary alicyclic amines) is 1. The third-order valence-corrected chi connectivity index (χ3v) is 5.42. The van der Waals surface area contributed by atoms with Crippen LogP contribution < -0.4 is 19.5 Å². The van der Waals surface area contributed by atoms with Crippen LogP contribution in [0.3, 0.4) is 0 Å². The smallest absolute Gasteiger partial charge is 0.161 e. The molecule has 0 spiro atoms. The number of anilines is 1. The van der Waals surface area contributed by atoms with Crippen LogP contribution in [-0.4, -0.2) is 50.9 Å². The van der Waals surface area contributed by atoms with Crippen molar-refractivity contribution in [3.05, 3.63) is 48.5 Å². The maximum absolute atomic E-state index is 6.10. The van der Waals surface area contributed by atoms with Crippen molar-refractivity contribution < 1.29 is 14.2 Å². The molecule has 0 amide bonds. The molecule has 2 aromatic carbocycles. The molecule has 1 unspecified atom stereocenters. The number of hydrogen-bond donors (Lipinski definition) is 1. The fraction of sp³-hybridized carbons (Fsp3) is 0.455. The molecule has 5 nitrogen and oxygen atoms in total. The molecule has 1 atom stereocenters. The Labute approximate surface area is 161 Å². The number of benzene rings is 2. The van der Waals surface area contributed by atoms with Crippen molar-refractivity contribution in [1.82, 2.24) is 4.90 Å². The summed E-state index contributed by atoms with van der Waals surface area (Å²) < 4.78 is 17.3. The predicted octanol–water partition coefficient (Wildman–Crippen LogP) is 3.66. The van der Waals surface area contributed by atoms with Crippen LogP contribution in [-0.2, 0) is 0 Å². The van der Waals surface area contributed by atoms with E-state index in [2.05, 4.69) is 16.3 Å². The molecule has 0 radical (unpaired) electrons. The Balaban J connectivity index is 1.22. The van der Waals surface area contributed by atoms with Gasteiger partial charge >= 0.3 is 0 Å². The van der Waals surface area contributed by atoms with Gasteiger partial charge in [-0.25, -0.2) is 0 Å². The molecule has 4 rings (SSSR count). The van der Waals surface area contributed by atoms with Crippen LogP contribution in [0.1, 0.15) is 12.8 Å². The van der Waals surface area contributed by atoms with Crippen LogP contribution in [0.15, 0.2) is 48.5 Å². The number of fused-ring (bicyclic) bond motifs is 1. The molecule has 5 heteroatoms. The lowest BCUT2D eigenvalue weighted by Crippen LogP contribution is -2.44. The fourth-order valence-corrected chi connectivity index (χ4v) is 3.86. The number of rotatable bonds is 6. The molecule has 144 valence electrons. The van der Waals surface area contributed by atoms with E-state index in [0.29, 0.717) is 12.5 Å². The van der Waals surface area contributed by atoms with E-state index in [1.165, 1.54) is 12.8 Å². The van der Waals surface area contributed by atoms with Gasteiger partial charge in [0.05, 0.1) is 12.8 Å². The van der Waals surface area contributed by atoms with Crippen LogP contribution >= 0.6 is 0 Å². The summed E-state index contributed by atoms with van der Waals surface area (Å²) >= 11 is 0. The highest BCUT2D eigenvalue weighted by molar-refractivity contribution is 5.56. The number of nitrogens with one attached hydrogen (secondary N) is 1. The first-order valence-corrected chi connectivity index (χ1v) is 9.79. The molecule has 0 saturated carbocycles. The summed E-state index contributed by atoms with van der Waals surface area (Å²) in [5, 5.41) is 3.55. The summed E-state index contributed by atoms with van der Waals surface area (Å²) in [5.74, 6) is 3.32. The largest absolute Gasteiger partial charge is 0.495 e. The van der Waals surface area contributed by atoms with Crippen LogP contribution in [0, 0.1) is 5.92 Å². The van der Waals surface area contributed by atoms with Gasteiger partial charge < -0.3 is 19.5 Å². The van der Waals surface area contributed by atoms with E-state index in [1.807, 2.05) is 42.5 Å². The van der Waals surface area contributed by atoms with Crippen molar-refractivity contribution in [2.45, 2.75) is 18.9 Å². The van der Waals surface area contributed by atoms with Gasteiger partial charge in [-0.05, 0) is 56.1 Å². The molecule has 1 fully saturated rings. The van der Waals surface area contributed by atoms with Gasteiger partial charge in [-0.2, -0.15) is 0 Å². The lowest BCUT2D eigenvalue weighted by Gasteiger charge is -2.35. The zero-order valence-corrected chi connectivity index (χ0v) is 15.9. The van der Waals surface area contributed by atoms with Crippen molar-refractivity contribution in [3.8, 4) is 17.2 Å². The van der Waals surface area contributed by atoms with Crippen LogP contribution in [0.25, 0.3) is 0 Å². The molecule has 2 heterocycles. The van der Waals surface area contributed by atoms with Gasteiger partial charge in [-0.1, -0.05) is 24.3 Å². The first-order chi connectivity index (χ1) is 13.3. The Kier molecular flexibility index (Phi) is 5.68. The number of ether oxygens (including phenoxy) is 3. The summed E-state index contributed by atoms with van der Waals surface area (Å²) in [7, 11) is 1.72. The molecule has 2 aromatic rings. The normalized spacial score (nSPS) is 20.3. The summed E-state index contributed by atoms with van der Waals surface area (Å²) in [6, 6.07) is 16.0. The Morgan fingerprint density at radius 1 is 1.04 bits per heavy atom. The second kappa shape index (κ2) is 8.53. The number of piperidine rings is 1.